The lowest BCUT2D eigenvalue weighted by molar-refractivity contribution is -0.137. The van der Waals surface area contributed by atoms with E-state index in [1.807, 2.05) is 0 Å². The third-order valence-corrected chi connectivity index (χ3v) is 7.85. The van der Waals surface area contributed by atoms with E-state index in [4.69, 9.17) is 0 Å². The zero-order valence-corrected chi connectivity index (χ0v) is 16.0. The second-order valence-corrected chi connectivity index (χ2v) is 10.1. The Hall–Kier alpha value is -1.61. The predicted molar refractivity (Wildman–Crippen MR) is 95.6 cm³/mol. The van der Waals surface area contributed by atoms with Gasteiger partial charge in [-0.3, -0.25) is 4.79 Å². The van der Waals surface area contributed by atoms with Gasteiger partial charge in [0.05, 0.1) is 17.0 Å². The van der Waals surface area contributed by atoms with Crippen molar-refractivity contribution in [2.45, 2.75) is 49.2 Å². The Bertz CT molecular complexity index is 841. The average Bonchev–Trinajstić information content (AvgIpc) is 2.62. The van der Waals surface area contributed by atoms with Crippen LogP contribution in [0.1, 0.15) is 37.7 Å². The summed E-state index contributed by atoms with van der Waals surface area (Å²) in [5.74, 6) is 2.00. The summed E-state index contributed by atoms with van der Waals surface area (Å²) in [5.41, 5.74) is -1.05. The molecule has 0 atom stereocenters. The summed E-state index contributed by atoms with van der Waals surface area (Å²) in [7, 11) is -4.21. The van der Waals surface area contributed by atoms with Gasteiger partial charge in [0.15, 0.2) is 0 Å². The molecule has 0 heterocycles. The number of hydrogen-bond acceptors (Lipinski definition) is 3. The van der Waals surface area contributed by atoms with E-state index in [0.29, 0.717) is 17.9 Å². The van der Waals surface area contributed by atoms with Gasteiger partial charge in [-0.2, -0.15) is 13.2 Å². The lowest BCUT2D eigenvalue weighted by Crippen LogP contribution is -2.57. The summed E-state index contributed by atoms with van der Waals surface area (Å²) < 4.78 is 65.1. The number of carbonyl (C=O) groups excluding carboxylic acids is 1. The molecule has 4 fully saturated rings. The van der Waals surface area contributed by atoms with Gasteiger partial charge in [0.25, 0.3) is 0 Å². The number of benzene rings is 1. The molecule has 2 N–H and O–H groups in total. The summed E-state index contributed by atoms with van der Waals surface area (Å²) in [6.07, 6.45) is 1.14. The zero-order chi connectivity index (χ0) is 20.1. The summed E-state index contributed by atoms with van der Waals surface area (Å²) >= 11 is 0. The van der Waals surface area contributed by atoms with Gasteiger partial charge in [-0.05, 0) is 74.0 Å². The standard InChI is InChI=1S/C19H23F3N2O3S/c20-19(21,22)15-2-1-3-16(9-15)28(26,27)23-10-17(25)24-18-13-5-11-4-12(7-13)8-14(18)6-11/h1-3,9,11-14,18,23H,4-8,10H2,(H,24,25). The molecule has 4 aliphatic carbocycles. The van der Waals surface area contributed by atoms with Crippen LogP contribution >= 0.6 is 0 Å². The van der Waals surface area contributed by atoms with Crippen molar-refractivity contribution >= 4 is 15.9 Å². The quantitative estimate of drug-likeness (QED) is 0.775. The van der Waals surface area contributed by atoms with Crippen molar-refractivity contribution in [3.05, 3.63) is 29.8 Å². The summed E-state index contributed by atoms with van der Waals surface area (Å²) in [6.45, 7) is -0.485. The number of hydrogen-bond donors (Lipinski definition) is 2. The summed E-state index contributed by atoms with van der Waals surface area (Å²) in [6, 6.07) is 3.56. The molecule has 1 amide bonds. The highest BCUT2D eigenvalue weighted by molar-refractivity contribution is 7.89. The molecule has 0 saturated heterocycles. The molecule has 4 saturated carbocycles. The molecule has 154 valence electrons. The van der Waals surface area contributed by atoms with Crippen LogP contribution in [-0.2, 0) is 21.0 Å². The number of alkyl halides is 3. The monoisotopic (exact) mass is 416 g/mol. The van der Waals surface area contributed by atoms with Gasteiger partial charge in [-0.1, -0.05) is 6.07 Å². The Morgan fingerprint density at radius 3 is 2.21 bits per heavy atom. The molecule has 1 aromatic rings. The maximum absolute atomic E-state index is 12.8. The topological polar surface area (TPSA) is 75.3 Å². The summed E-state index contributed by atoms with van der Waals surface area (Å²) in [4.78, 5) is 11.8. The number of nitrogens with one attached hydrogen (secondary N) is 2. The van der Waals surface area contributed by atoms with Crippen LogP contribution in [0.15, 0.2) is 29.2 Å². The molecule has 0 unspecified atom stereocenters. The molecule has 4 aliphatic rings. The molecule has 0 radical (unpaired) electrons. The molecule has 1 aromatic carbocycles. The fourth-order valence-electron chi connectivity index (χ4n) is 5.48. The van der Waals surface area contributed by atoms with Crippen LogP contribution in [0.5, 0.6) is 0 Å². The van der Waals surface area contributed by atoms with Gasteiger partial charge in [0.1, 0.15) is 0 Å². The first-order valence-corrected chi connectivity index (χ1v) is 11.1. The minimum absolute atomic E-state index is 0.0818. The van der Waals surface area contributed by atoms with Crippen molar-refractivity contribution in [2.24, 2.45) is 23.7 Å². The van der Waals surface area contributed by atoms with Gasteiger partial charge < -0.3 is 5.32 Å². The van der Waals surface area contributed by atoms with Crippen LogP contribution in [0.3, 0.4) is 0 Å². The van der Waals surface area contributed by atoms with E-state index in [1.165, 1.54) is 6.42 Å². The maximum Gasteiger partial charge on any atom is 0.416 e. The predicted octanol–water partition coefficient (Wildman–Crippen LogP) is 2.92. The van der Waals surface area contributed by atoms with Crippen molar-refractivity contribution in [2.75, 3.05) is 6.54 Å². The Balaban J connectivity index is 1.37. The van der Waals surface area contributed by atoms with Crippen LogP contribution in [0.25, 0.3) is 0 Å². The molecule has 0 aliphatic heterocycles. The van der Waals surface area contributed by atoms with Crippen LogP contribution in [0.4, 0.5) is 13.2 Å². The largest absolute Gasteiger partial charge is 0.416 e. The molecule has 4 bridgehead atoms. The lowest BCUT2D eigenvalue weighted by atomic mass is 9.54. The highest BCUT2D eigenvalue weighted by Gasteiger charge is 2.48. The number of halogens is 3. The van der Waals surface area contributed by atoms with Crippen LogP contribution < -0.4 is 10.0 Å². The lowest BCUT2D eigenvalue weighted by Gasteiger charge is -2.54. The fraction of sp³-hybridized carbons (Fsp3) is 0.632. The van der Waals surface area contributed by atoms with Gasteiger partial charge in [0, 0.05) is 6.04 Å². The van der Waals surface area contributed by atoms with E-state index in [2.05, 4.69) is 10.0 Å². The van der Waals surface area contributed by atoms with Gasteiger partial charge >= 0.3 is 6.18 Å². The fourth-order valence-corrected chi connectivity index (χ4v) is 6.51. The minimum Gasteiger partial charge on any atom is -0.352 e. The Kier molecular flexibility index (Phi) is 4.94. The maximum atomic E-state index is 12.8. The van der Waals surface area contributed by atoms with Gasteiger partial charge in [-0.15, -0.1) is 0 Å². The zero-order valence-electron chi connectivity index (χ0n) is 15.2. The SMILES string of the molecule is O=C(CNS(=O)(=O)c1cccc(C(F)(F)F)c1)NC1C2CC3CC(C2)CC1C3. The molecular weight excluding hydrogens is 393 g/mol. The average molecular weight is 416 g/mol. The van der Waals surface area contributed by atoms with E-state index < -0.39 is 39.1 Å². The molecule has 5 nitrogen and oxygen atoms in total. The first kappa shape index (κ1) is 19.7. The Morgan fingerprint density at radius 1 is 1.04 bits per heavy atom. The van der Waals surface area contributed by atoms with E-state index in [0.717, 1.165) is 55.7 Å². The van der Waals surface area contributed by atoms with Crippen LogP contribution in [0.2, 0.25) is 0 Å². The van der Waals surface area contributed by atoms with Crippen molar-refractivity contribution in [1.82, 2.24) is 10.0 Å². The number of sulfonamides is 1. The Labute approximate surface area is 162 Å². The first-order chi connectivity index (χ1) is 13.1. The van der Waals surface area contributed by atoms with Crippen LogP contribution in [0, 0.1) is 23.7 Å². The van der Waals surface area contributed by atoms with Crippen molar-refractivity contribution in [1.29, 1.82) is 0 Å². The second-order valence-electron chi connectivity index (χ2n) is 8.37. The van der Waals surface area contributed by atoms with Crippen molar-refractivity contribution in [3.8, 4) is 0 Å². The molecule has 0 aromatic heterocycles. The molecule has 9 heteroatoms. The van der Waals surface area contributed by atoms with E-state index >= 15 is 0 Å². The number of rotatable bonds is 5. The first-order valence-electron chi connectivity index (χ1n) is 9.58. The third-order valence-electron chi connectivity index (χ3n) is 6.45. The highest BCUT2D eigenvalue weighted by Crippen LogP contribution is 2.53. The molecule has 0 spiro atoms. The third kappa shape index (κ3) is 3.91. The number of carbonyl (C=O) groups is 1. The van der Waals surface area contributed by atoms with Crippen molar-refractivity contribution in [3.63, 3.8) is 0 Å². The molecular formula is C19H23F3N2O3S. The number of amides is 1. The highest BCUT2D eigenvalue weighted by atomic mass is 32.2. The van der Waals surface area contributed by atoms with E-state index in [9.17, 15) is 26.4 Å². The van der Waals surface area contributed by atoms with E-state index in [1.54, 1.807) is 0 Å². The molecule has 5 rings (SSSR count). The van der Waals surface area contributed by atoms with Crippen LogP contribution in [-0.4, -0.2) is 26.9 Å². The van der Waals surface area contributed by atoms with Gasteiger partial charge in [0.2, 0.25) is 15.9 Å². The summed E-state index contributed by atoms with van der Waals surface area (Å²) in [5, 5.41) is 2.98. The van der Waals surface area contributed by atoms with E-state index in [-0.39, 0.29) is 6.04 Å². The Morgan fingerprint density at radius 2 is 1.64 bits per heavy atom. The molecule has 28 heavy (non-hydrogen) atoms. The van der Waals surface area contributed by atoms with Crippen molar-refractivity contribution < 1.29 is 26.4 Å². The minimum atomic E-state index is -4.64. The smallest absolute Gasteiger partial charge is 0.352 e. The second kappa shape index (κ2) is 7.02. The normalized spacial score (nSPS) is 31.8. The van der Waals surface area contributed by atoms with Gasteiger partial charge in [-0.25, -0.2) is 13.1 Å².